The Kier molecular flexibility index (Phi) is 8.14. The topological polar surface area (TPSA) is 69.4 Å². The molecule has 110 valence electrons. The summed E-state index contributed by atoms with van der Waals surface area (Å²) in [6, 6.07) is -0.574. The first-order chi connectivity index (χ1) is 9.15. The molecule has 2 N–H and O–H groups in total. The lowest BCUT2D eigenvalue weighted by atomic mass is 9.85. The first-order valence-corrected chi connectivity index (χ1v) is 8.33. The van der Waals surface area contributed by atoms with Crippen LogP contribution in [0, 0.1) is 5.92 Å². The highest BCUT2D eigenvalue weighted by Gasteiger charge is 2.20. The Morgan fingerprint density at radius 1 is 1.32 bits per heavy atom. The van der Waals surface area contributed by atoms with E-state index in [4.69, 9.17) is 10.5 Å². The van der Waals surface area contributed by atoms with Gasteiger partial charge in [0.25, 0.3) is 0 Å². The van der Waals surface area contributed by atoms with Crippen LogP contribution in [0.25, 0.3) is 0 Å². The molecule has 1 atom stereocenters. The number of esters is 1. The Labute approximate surface area is 119 Å². The Morgan fingerprint density at radius 2 is 2.00 bits per heavy atom. The van der Waals surface area contributed by atoms with Crippen LogP contribution in [0.4, 0.5) is 0 Å². The highest BCUT2D eigenvalue weighted by molar-refractivity contribution is 7.99. The van der Waals surface area contributed by atoms with E-state index >= 15 is 0 Å². The van der Waals surface area contributed by atoms with Crippen LogP contribution < -0.4 is 5.73 Å². The molecule has 1 rings (SSSR count). The molecule has 1 unspecified atom stereocenters. The zero-order valence-electron chi connectivity index (χ0n) is 11.7. The van der Waals surface area contributed by atoms with Gasteiger partial charge >= 0.3 is 5.97 Å². The number of carbonyl (C=O) groups is 2. The van der Waals surface area contributed by atoms with Gasteiger partial charge in [0.2, 0.25) is 0 Å². The molecule has 0 radical (unpaired) electrons. The molecule has 0 bridgehead atoms. The van der Waals surface area contributed by atoms with Crippen LogP contribution in [0.2, 0.25) is 0 Å². The smallest absolute Gasteiger partial charge is 0.323 e. The van der Waals surface area contributed by atoms with Gasteiger partial charge in [-0.05, 0) is 19.8 Å². The van der Waals surface area contributed by atoms with E-state index in [1.807, 2.05) is 0 Å². The average molecular weight is 287 g/mol. The molecule has 4 nitrogen and oxygen atoms in total. The van der Waals surface area contributed by atoms with Crippen molar-refractivity contribution in [3.05, 3.63) is 0 Å². The molecule has 1 aliphatic rings. The molecule has 0 heterocycles. The van der Waals surface area contributed by atoms with Crippen molar-refractivity contribution in [1.29, 1.82) is 0 Å². The first kappa shape index (κ1) is 16.5. The van der Waals surface area contributed by atoms with Gasteiger partial charge in [-0.15, -0.1) is 0 Å². The van der Waals surface area contributed by atoms with Gasteiger partial charge in [0.05, 0.1) is 6.61 Å². The molecule has 1 saturated carbocycles. The molecule has 0 saturated heterocycles. The van der Waals surface area contributed by atoms with Crippen molar-refractivity contribution in [2.45, 2.75) is 51.5 Å². The van der Waals surface area contributed by atoms with Crippen LogP contribution in [0.3, 0.4) is 0 Å². The summed E-state index contributed by atoms with van der Waals surface area (Å²) in [7, 11) is 0. The summed E-state index contributed by atoms with van der Waals surface area (Å²) in [5.41, 5.74) is 5.68. The quantitative estimate of drug-likeness (QED) is 0.547. The molecular weight excluding hydrogens is 262 g/mol. The zero-order chi connectivity index (χ0) is 14.1. The fourth-order valence-electron chi connectivity index (χ4n) is 2.33. The number of thioether (sulfide) groups is 1. The first-order valence-electron chi connectivity index (χ1n) is 7.17. The molecule has 1 aliphatic carbocycles. The maximum absolute atomic E-state index is 11.9. The summed E-state index contributed by atoms with van der Waals surface area (Å²) in [4.78, 5) is 23.2. The number of hydrogen-bond acceptors (Lipinski definition) is 5. The van der Waals surface area contributed by atoms with E-state index in [-0.39, 0.29) is 11.9 Å². The van der Waals surface area contributed by atoms with Crippen LogP contribution in [-0.4, -0.2) is 35.9 Å². The summed E-state index contributed by atoms with van der Waals surface area (Å²) in [5, 5.41) is 0. The molecule has 1 fully saturated rings. The molecule has 0 spiro atoms. The van der Waals surface area contributed by atoms with E-state index in [0.717, 1.165) is 18.6 Å². The van der Waals surface area contributed by atoms with Crippen LogP contribution in [0.5, 0.6) is 0 Å². The SMILES string of the molecule is CCOC(=O)C(N)CSCCC(=O)C1CCCCC1. The number of Topliss-reactive ketones (excluding diaryl/α,β-unsaturated/α-hetero) is 1. The van der Waals surface area contributed by atoms with Gasteiger partial charge in [0.15, 0.2) is 0 Å². The van der Waals surface area contributed by atoms with Crippen molar-refractivity contribution < 1.29 is 14.3 Å². The van der Waals surface area contributed by atoms with Gasteiger partial charge in [-0.25, -0.2) is 0 Å². The predicted molar refractivity (Wildman–Crippen MR) is 78.1 cm³/mol. The molecule has 0 aromatic heterocycles. The van der Waals surface area contributed by atoms with Crippen molar-refractivity contribution in [3.8, 4) is 0 Å². The third kappa shape index (κ3) is 6.43. The number of rotatable bonds is 8. The summed E-state index contributed by atoms with van der Waals surface area (Å²) in [5.74, 6) is 1.60. The minimum Gasteiger partial charge on any atom is -0.465 e. The van der Waals surface area contributed by atoms with Crippen molar-refractivity contribution in [2.75, 3.05) is 18.1 Å². The van der Waals surface area contributed by atoms with E-state index in [1.165, 1.54) is 19.3 Å². The Hall–Kier alpha value is -0.550. The van der Waals surface area contributed by atoms with E-state index in [9.17, 15) is 9.59 Å². The zero-order valence-corrected chi connectivity index (χ0v) is 12.5. The molecule has 5 heteroatoms. The van der Waals surface area contributed by atoms with Crippen LogP contribution in [-0.2, 0) is 14.3 Å². The maximum Gasteiger partial charge on any atom is 0.323 e. The summed E-state index contributed by atoms with van der Waals surface area (Å²) in [6.07, 6.45) is 6.38. The summed E-state index contributed by atoms with van der Waals surface area (Å²) >= 11 is 1.56. The van der Waals surface area contributed by atoms with E-state index in [2.05, 4.69) is 0 Å². The Morgan fingerprint density at radius 3 is 2.63 bits per heavy atom. The third-order valence-electron chi connectivity index (χ3n) is 3.44. The van der Waals surface area contributed by atoms with Crippen LogP contribution in [0.1, 0.15) is 45.4 Å². The Bertz CT molecular complexity index is 290. The fraction of sp³-hybridized carbons (Fsp3) is 0.857. The third-order valence-corrected chi connectivity index (χ3v) is 4.53. The number of ether oxygens (including phenoxy) is 1. The number of ketones is 1. The second-order valence-corrected chi connectivity index (χ2v) is 6.13. The molecule has 19 heavy (non-hydrogen) atoms. The summed E-state index contributed by atoms with van der Waals surface area (Å²) < 4.78 is 4.83. The minimum atomic E-state index is -0.574. The van der Waals surface area contributed by atoms with E-state index in [1.54, 1.807) is 18.7 Å². The van der Waals surface area contributed by atoms with Crippen molar-refractivity contribution >= 4 is 23.5 Å². The van der Waals surface area contributed by atoms with Gasteiger partial charge in [-0.2, -0.15) is 11.8 Å². The maximum atomic E-state index is 11.9. The number of nitrogens with two attached hydrogens (primary N) is 1. The van der Waals surface area contributed by atoms with Crippen LogP contribution >= 0.6 is 11.8 Å². The predicted octanol–water partition coefficient (Wildman–Crippen LogP) is 2.15. The van der Waals surface area contributed by atoms with Gasteiger partial charge in [0.1, 0.15) is 11.8 Å². The fourth-order valence-corrected chi connectivity index (χ4v) is 3.23. The molecular formula is C14H25NO3S. The standard InChI is InChI=1S/C14H25NO3S/c1-2-18-14(17)12(15)10-19-9-8-13(16)11-6-4-3-5-7-11/h11-12H,2-10,15H2,1H3. The number of carbonyl (C=O) groups excluding carboxylic acids is 2. The second-order valence-electron chi connectivity index (χ2n) is 4.98. The highest BCUT2D eigenvalue weighted by atomic mass is 32.2. The second kappa shape index (κ2) is 9.37. The average Bonchev–Trinajstić information content (AvgIpc) is 2.44. The van der Waals surface area contributed by atoms with E-state index in [0.29, 0.717) is 24.6 Å². The monoisotopic (exact) mass is 287 g/mol. The van der Waals surface area contributed by atoms with Crippen molar-refractivity contribution in [2.24, 2.45) is 11.7 Å². The van der Waals surface area contributed by atoms with Gasteiger partial charge in [-0.1, -0.05) is 19.3 Å². The Balaban J connectivity index is 2.09. The van der Waals surface area contributed by atoms with Crippen molar-refractivity contribution in [1.82, 2.24) is 0 Å². The lowest BCUT2D eigenvalue weighted by Gasteiger charge is -2.20. The largest absolute Gasteiger partial charge is 0.465 e. The lowest BCUT2D eigenvalue weighted by molar-refractivity contribution is -0.144. The van der Waals surface area contributed by atoms with Gasteiger partial charge in [-0.3, -0.25) is 9.59 Å². The van der Waals surface area contributed by atoms with Crippen LogP contribution in [0.15, 0.2) is 0 Å². The molecule has 0 aromatic carbocycles. The van der Waals surface area contributed by atoms with Crippen molar-refractivity contribution in [3.63, 3.8) is 0 Å². The molecule has 0 aromatic rings. The highest BCUT2D eigenvalue weighted by Crippen LogP contribution is 2.25. The minimum absolute atomic E-state index is 0.285. The normalized spacial score (nSPS) is 18.0. The molecule has 0 aliphatic heterocycles. The summed E-state index contributed by atoms with van der Waals surface area (Å²) in [6.45, 7) is 2.12. The number of hydrogen-bond donors (Lipinski definition) is 1. The van der Waals surface area contributed by atoms with E-state index < -0.39 is 6.04 Å². The van der Waals surface area contributed by atoms with Gasteiger partial charge in [0, 0.05) is 23.8 Å². The van der Waals surface area contributed by atoms with Gasteiger partial charge < -0.3 is 10.5 Å². The molecule has 0 amide bonds. The lowest BCUT2D eigenvalue weighted by Crippen LogP contribution is -2.34.